The van der Waals surface area contributed by atoms with Crippen LogP contribution in [-0.4, -0.2) is 46.9 Å². The minimum atomic E-state index is -3.54. The zero-order valence-corrected chi connectivity index (χ0v) is 12.2. The molecule has 0 radical (unpaired) electrons. The fourth-order valence-corrected chi connectivity index (χ4v) is 3.99. The number of aliphatic carboxylic acids is 1. The van der Waals surface area contributed by atoms with Crippen molar-refractivity contribution in [3.63, 3.8) is 0 Å². The van der Waals surface area contributed by atoms with Crippen LogP contribution in [0.4, 0.5) is 0 Å². The number of piperidine rings is 1. The molecule has 7 nitrogen and oxygen atoms in total. The van der Waals surface area contributed by atoms with Crippen LogP contribution in [0.25, 0.3) is 0 Å². The van der Waals surface area contributed by atoms with Crippen LogP contribution in [0.2, 0.25) is 0 Å². The predicted octanol–water partition coefficient (Wildman–Crippen LogP) is 0.984. The minimum absolute atomic E-state index is 0.0850. The number of hydrogen-bond donors (Lipinski definition) is 2. The molecule has 1 aliphatic heterocycles. The minimum Gasteiger partial charge on any atom is -0.481 e. The van der Waals surface area contributed by atoms with Crippen molar-refractivity contribution in [1.29, 1.82) is 0 Å². The second kappa shape index (κ2) is 5.92. The number of carboxylic acids is 1. The third kappa shape index (κ3) is 3.37. The monoisotopic (exact) mass is 301 g/mol. The molecule has 0 bridgehead atoms. The van der Waals surface area contributed by atoms with Crippen molar-refractivity contribution in [2.75, 3.05) is 13.1 Å². The number of carboxylic acid groups (broad SMARTS) is 1. The number of nitrogens with one attached hydrogen (secondary N) is 1. The standard InChI is InChI=1S/C12H19N3O4S/c1-9-13-7-11(14-9)20(18,19)15-6-2-3-10(8-15)4-5-12(16)17/h7,10H,2-6,8H2,1H3,(H,13,14)(H,16,17). The average molecular weight is 301 g/mol. The number of carbonyl (C=O) groups is 1. The molecule has 1 atom stereocenters. The lowest BCUT2D eigenvalue weighted by atomic mass is 9.95. The van der Waals surface area contributed by atoms with E-state index in [-0.39, 0.29) is 17.4 Å². The Morgan fingerprint density at radius 3 is 2.95 bits per heavy atom. The average Bonchev–Trinajstić information content (AvgIpc) is 2.84. The highest BCUT2D eigenvalue weighted by molar-refractivity contribution is 7.89. The van der Waals surface area contributed by atoms with E-state index < -0.39 is 16.0 Å². The summed E-state index contributed by atoms with van der Waals surface area (Å²) < 4.78 is 26.3. The van der Waals surface area contributed by atoms with E-state index in [1.807, 2.05) is 0 Å². The van der Waals surface area contributed by atoms with Gasteiger partial charge in [0, 0.05) is 19.5 Å². The Kier molecular flexibility index (Phi) is 4.44. The van der Waals surface area contributed by atoms with E-state index in [1.165, 1.54) is 10.5 Å². The number of aromatic amines is 1. The van der Waals surface area contributed by atoms with Crippen LogP contribution < -0.4 is 0 Å². The van der Waals surface area contributed by atoms with Gasteiger partial charge < -0.3 is 10.1 Å². The Balaban J connectivity index is 2.06. The first kappa shape index (κ1) is 15.0. The molecule has 1 aromatic rings. The Morgan fingerprint density at radius 2 is 2.35 bits per heavy atom. The topological polar surface area (TPSA) is 103 Å². The number of nitrogens with zero attached hydrogens (tertiary/aromatic N) is 2. The van der Waals surface area contributed by atoms with Crippen molar-refractivity contribution in [3.05, 3.63) is 12.0 Å². The Hall–Kier alpha value is -1.41. The molecule has 1 saturated heterocycles. The Morgan fingerprint density at radius 1 is 1.60 bits per heavy atom. The molecule has 2 N–H and O–H groups in total. The van der Waals surface area contributed by atoms with Gasteiger partial charge in [-0.05, 0) is 32.1 Å². The van der Waals surface area contributed by atoms with Crippen LogP contribution in [0.1, 0.15) is 31.5 Å². The molecule has 1 aliphatic rings. The maximum atomic E-state index is 12.4. The van der Waals surface area contributed by atoms with E-state index in [4.69, 9.17) is 5.11 Å². The lowest BCUT2D eigenvalue weighted by Gasteiger charge is -2.31. The largest absolute Gasteiger partial charge is 0.481 e. The van der Waals surface area contributed by atoms with Crippen molar-refractivity contribution in [2.24, 2.45) is 5.92 Å². The van der Waals surface area contributed by atoms with Crippen LogP contribution >= 0.6 is 0 Å². The molecule has 0 amide bonds. The molecule has 0 aliphatic carbocycles. The van der Waals surface area contributed by atoms with Crippen molar-refractivity contribution in [1.82, 2.24) is 14.3 Å². The second-order valence-electron chi connectivity index (χ2n) is 5.14. The van der Waals surface area contributed by atoms with Gasteiger partial charge in [-0.1, -0.05) is 0 Å². The van der Waals surface area contributed by atoms with Gasteiger partial charge in [0.2, 0.25) is 0 Å². The van der Waals surface area contributed by atoms with Gasteiger partial charge in [-0.2, -0.15) is 4.31 Å². The first-order valence-corrected chi connectivity index (χ1v) is 8.07. The van der Waals surface area contributed by atoms with Crippen LogP contribution in [0.3, 0.4) is 0 Å². The fourth-order valence-electron chi connectivity index (χ4n) is 2.48. The third-order valence-corrected chi connectivity index (χ3v) is 5.32. The maximum absolute atomic E-state index is 12.4. The second-order valence-corrected chi connectivity index (χ2v) is 7.04. The first-order chi connectivity index (χ1) is 9.39. The molecule has 1 aromatic heterocycles. The van der Waals surface area contributed by atoms with E-state index in [0.717, 1.165) is 12.8 Å². The SMILES string of the molecule is Cc1ncc(S(=O)(=O)N2CCCC(CCC(=O)O)C2)[nH]1. The Bertz CT molecular complexity index is 581. The number of sulfonamides is 1. The van der Waals surface area contributed by atoms with Crippen molar-refractivity contribution >= 4 is 16.0 Å². The van der Waals surface area contributed by atoms with Gasteiger partial charge in [-0.25, -0.2) is 13.4 Å². The number of aromatic nitrogens is 2. The highest BCUT2D eigenvalue weighted by Gasteiger charge is 2.31. The van der Waals surface area contributed by atoms with Crippen molar-refractivity contribution in [3.8, 4) is 0 Å². The van der Waals surface area contributed by atoms with Gasteiger partial charge in [0.1, 0.15) is 5.82 Å². The fraction of sp³-hybridized carbons (Fsp3) is 0.667. The van der Waals surface area contributed by atoms with Crippen molar-refractivity contribution < 1.29 is 18.3 Å². The normalized spacial score (nSPS) is 20.9. The van der Waals surface area contributed by atoms with Gasteiger partial charge in [0.25, 0.3) is 10.0 Å². The molecule has 112 valence electrons. The van der Waals surface area contributed by atoms with Gasteiger partial charge in [0.15, 0.2) is 5.03 Å². The van der Waals surface area contributed by atoms with Crippen LogP contribution in [0.5, 0.6) is 0 Å². The van der Waals surface area contributed by atoms with Crippen LogP contribution in [0, 0.1) is 12.8 Å². The molecule has 0 spiro atoms. The summed E-state index contributed by atoms with van der Waals surface area (Å²) in [5.41, 5.74) is 0. The molecule has 0 aromatic carbocycles. The van der Waals surface area contributed by atoms with E-state index in [9.17, 15) is 13.2 Å². The van der Waals surface area contributed by atoms with E-state index >= 15 is 0 Å². The smallest absolute Gasteiger partial charge is 0.303 e. The number of rotatable bonds is 5. The summed E-state index contributed by atoms with van der Waals surface area (Å²) in [6.45, 7) is 2.56. The number of H-pyrrole nitrogens is 1. The zero-order valence-electron chi connectivity index (χ0n) is 11.4. The number of hydrogen-bond acceptors (Lipinski definition) is 4. The summed E-state index contributed by atoms with van der Waals surface area (Å²) in [6.07, 6.45) is 3.56. The summed E-state index contributed by atoms with van der Waals surface area (Å²) in [7, 11) is -3.54. The van der Waals surface area contributed by atoms with E-state index in [1.54, 1.807) is 6.92 Å². The van der Waals surface area contributed by atoms with Gasteiger partial charge >= 0.3 is 5.97 Å². The summed E-state index contributed by atoms with van der Waals surface area (Å²) in [6, 6.07) is 0. The third-order valence-electron chi connectivity index (χ3n) is 3.55. The summed E-state index contributed by atoms with van der Waals surface area (Å²) in [5.74, 6) is -0.171. The maximum Gasteiger partial charge on any atom is 0.303 e. The highest BCUT2D eigenvalue weighted by atomic mass is 32.2. The quantitative estimate of drug-likeness (QED) is 0.844. The zero-order chi connectivity index (χ0) is 14.8. The molecule has 2 rings (SSSR count). The number of aryl methyl sites for hydroxylation is 1. The molecule has 8 heteroatoms. The molecule has 0 saturated carbocycles. The molecule has 20 heavy (non-hydrogen) atoms. The van der Waals surface area contributed by atoms with Gasteiger partial charge in [-0.15, -0.1) is 0 Å². The molecule has 2 heterocycles. The van der Waals surface area contributed by atoms with E-state index in [2.05, 4.69) is 9.97 Å². The number of imidazole rings is 1. The summed E-state index contributed by atoms with van der Waals surface area (Å²) in [5, 5.41) is 8.81. The lowest BCUT2D eigenvalue weighted by molar-refractivity contribution is -0.137. The molecular weight excluding hydrogens is 282 g/mol. The first-order valence-electron chi connectivity index (χ1n) is 6.63. The van der Waals surface area contributed by atoms with Crippen LogP contribution in [-0.2, 0) is 14.8 Å². The van der Waals surface area contributed by atoms with Gasteiger partial charge in [0.05, 0.1) is 6.20 Å². The lowest BCUT2D eigenvalue weighted by Crippen LogP contribution is -2.40. The Labute approximate surface area is 118 Å². The van der Waals surface area contributed by atoms with E-state index in [0.29, 0.717) is 25.3 Å². The molecular formula is C12H19N3O4S. The summed E-state index contributed by atoms with van der Waals surface area (Å²) in [4.78, 5) is 17.3. The summed E-state index contributed by atoms with van der Waals surface area (Å²) >= 11 is 0. The molecule has 1 fully saturated rings. The van der Waals surface area contributed by atoms with Crippen LogP contribution in [0.15, 0.2) is 11.2 Å². The van der Waals surface area contributed by atoms with Gasteiger partial charge in [-0.3, -0.25) is 4.79 Å². The molecule has 1 unspecified atom stereocenters. The highest BCUT2D eigenvalue weighted by Crippen LogP contribution is 2.25. The van der Waals surface area contributed by atoms with Crippen molar-refractivity contribution in [2.45, 2.75) is 37.6 Å². The predicted molar refractivity (Wildman–Crippen MR) is 71.7 cm³/mol.